The lowest BCUT2D eigenvalue weighted by atomic mass is 10.2. The van der Waals surface area contributed by atoms with E-state index in [4.69, 9.17) is 16.3 Å². The lowest BCUT2D eigenvalue weighted by Gasteiger charge is -2.07. The molecule has 3 aromatic rings. The third-order valence-corrected chi connectivity index (χ3v) is 6.24. The molecule has 0 spiro atoms. The summed E-state index contributed by atoms with van der Waals surface area (Å²) >= 11 is 8.33. The number of hydrogen-bond donors (Lipinski definition) is 1. The van der Waals surface area contributed by atoms with Gasteiger partial charge in [0, 0.05) is 17.1 Å². The zero-order valence-corrected chi connectivity index (χ0v) is 19.0. The lowest BCUT2D eigenvalue weighted by Crippen LogP contribution is -2.14. The number of aryl methyl sites for hydroxylation is 1. The third-order valence-electron chi connectivity index (χ3n) is 3.97. The van der Waals surface area contributed by atoms with Gasteiger partial charge in [-0.15, -0.1) is 10.2 Å². The minimum Gasteiger partial charge on any atom is -0.462 e. The molecule has 1 amide bonds. The van der Waals surface area contributed by atoms with Crippen molar-refractivity contribution in [2.45, 2.75) is 32.5 Å². The molecule has 1 N–H and O–H groups in total. The highest BCUT2D eigenvalue weighted by Gasteiger charge is 2.19. The van der Waals surface area contributed by atoms with Gasteiger partial charge in [0.1, 0.15) is 4.88 Å². The van der Waals surface area contributed by atoms with Crippen molar-refractivity contribution in [2.24, 2.45) is 0 Å². The zero-order valence-electron chi connectivity index (χ0n) is 16.6. The molecule has 0 saturated carbocycles. The Morgan fingerprint density at radius 3 is 2.63 bits per heavy atom. The fourth-order valence-corrected chi connectivity index (χ4v) is 4.42. The Labute approximate surface area is 187 Å². The van der Waals surface area contributed by atoms with Crippen LogP contribution in [0.2, 0.25) is 5.02 Å². The number of benzene rings is 1. The maximum atomic E-state index is 12.4. The van der Waals surface area contributed by atoms with Crippen LogP contribution in [-0.4, -0.2) is 44.0 Å². The number of halogens is 1. The normalized spacial score (nSPS) is 10.8. The van der Waals surface area contributed by atoms with Gasteiger partial charge in [0.05, 0.1) is 18.1 Å². The Bertz CT molecular complexity index is 1050. The quantitative estimate of drug-likeness (QED) is 0.391. The van der Waals surface area contributed by atoms with E-state index < -0.39 is 5.97 Å². The number of thiazole rings is 1. The van der Waals surface area contributed by atoms with Crippen molar-refractivity contribution in [1.82, 2.24) is 19.7 Å². The predicted molar refractivity (Wildman–Crippen MR) is 118 cm³/mol. The average Bonchev–Trinajstić information content (AvgIpc) is 3.30. The number of rotatable bonds is 8. The van der Waals surface area contributed by atoms with Crippen molar-refractivity contribution < 1.29 is 14.3 Å². The van der Waals surface area contributed by atoms with E-state index in [2.05, 4.69) is 20.5 Å². The van der Waals surface area contributed by atoms with Crippen LogP contribution in [0.15, 0.2) is 29.4 Å². The number of ether oxygens (including phenoxy) is 1. The monoisotopic (exact) mass is 465 g/mol. The number of nitrogens with one attached hydrogen (secondary N) is 1. The Balaban J connectivity index is 1.65. The molecule has 2 aromatic heterocycles. The van der Waals surface area contributed by atoms with Gasteiger partial charge in [-0.25, -0.2) is 9.78 Å². The van der Waals surface area contributed by atoms with E-state index in [9.17, 15) is 9.59 Å². The van der Waals surface area contributed by atoms with Crippen LogP contribution in [0.3, 0.4) is 0 Å². The molecule has 0 aliphatic carbocycles. The summed E-state index contributed by atoms with van der Waals surface area (Å²) in [5, 5.41) is 12.8. The van der Waals surface area contributed by atoms with E-state index in [0.717, 1.165) is 16.9 Å². The number of aromatic nitrogens is 4. The number of anilines is 1. The summed E-state index contributed by atoms with van der Waals surface area (Å²) in [5.74, 6) is 0.161. The topological polar surface area (TPSA) is 99.0 Å². The summed E-state index contributed by atoms with van der Waals surface area (Å²) in [6.45, 7) is 6.37. The third kappa shape index (κ3) is 5.18. The maximum absolute atomic E-state index is 12.4. The molecule has 1 aromatic carbocycles. The van der Waals surface area contributed by atoms with Crippen LogP contribution in [0.1, 0.15) is 29.2 Å². The molecule has 11 heteroatoms. The smallest absolute Gasteiger partial charge is 0.350 e. The summed E-state index contributed by atoms with van der Waals surface area (Å²) in [5.41, 5.74) is 1.43. The second-order valence-electron chi connectivity index (χ2n) is 6.05. The molecule has 3 rings (SSSR count). The van der Waals surface area contributed by atoms with E-state index in [0.29, 0.717) is 38.3 Å². The van der Waals surface area contributed by atoms with Gasteiger partial charge in [0.25, 0.3) is 0 Å². The number of hydrogen-bond acceptors (Lipinski definition) is 8. The molecule has 30 heavy (non-hydrogen) atoms. The molecular formula is C19H20ClN5O3S2. The summed E-state index contributed by atoms with van der Waals surface area (Å²) in [6.07, 6.45) is 0. The first-order valence-electron chi connectivity index (χ1n) is 9.19. The van der Waals surface area contributed by atoms with Crippen molar-refractivity contribution in [2.75, 3.05) is 17.7 Å². The van der Waals surface area contributed by atoms with Crippen LogP contribution < -0.4 is 5.32 Å². The van der Waals surface area contributed by atoms with Crippen molar-refractivity contribution in [3.63, 3.8) is 0 Å². The molecule has 2 heterocycles. The van der Waals surface area contributed by atoms with Gasteiger partial charge in [-0.05, 0) is 45.0 Å². The van der Waals surface area contributed by atoms with Crippen LogP contribution >= 0.6 is 34.7 Å². The largest absolute Gasteiger partial charge is 0.462 e. The van der Waals surface area contributed by atoms with Gasteiger partial charge in [-0.3, -0.25) is 4.79 Å². The molecule has 0 saturated heterocycles. The molecule has 0 unspecified atom stereocenters. The Hall–Kier alpha value is -2.43. The van der Waals surface area contributed by atoms with Crippen LogP contribution in [0.25, 0.3) is 11.4 Å². The summed E-state index contributed by atoms with van der Waals surface area (Å²) in [7, 11) is 0. The van der Waals surface area contributed by atoms with Gasteiger partial charge >= 0.3 is 5.97 Å². The standard InChI is InChI=1S/C19H20ClN5O3S2/c1-4-25-16(12-6-8-13(20)9-7-12)23-24-19(25)29-10-14(26)22-18-21-11(3)15(30-18)17(27)28-5-2/h6-9H,4-5,10H2,1-3H3,(H,21,22,26). The van der Waals surface area contributed by atoms with Crippen LogP contribution in [-0.2, 0) is 16.1 Å². The summed E-state index contributed by atoms with van der Waals surface area (Å²) in [6, 6.07) is 7.36. The number of thioether (sulfide) groups is 1. The van der Waals surface area contributed by atoms with Crippen molar-refractivity contribution in [3.05, 3.63) is 39.9 Å². The van der Waals surface area contributed by atoms with Gasteiger partial charge in [0.2, 0.25) is 5.91 Å². The van der Waals surface area contributed by atoms with Gasteiger partial charge in [-0.2, -0.15) is 0 Å². The molecule has 0 atom stereocenters. The Morgan fingerprint density at radius 2 is 1.97 bits per heavy atom. The van der Waals surface area contributed by atoms with E-state index >= 15 is 0 Å². The summed E-state index contributed by atoms with van der Waals surface area (Å²) in [4.78, 5) is 28.9. The molecule has 158 valence electrons. The fraction of sp³-hybridized carbons (Fsp3) is 0.316. The maximum Gasteiger partial charge on any atom is 0.350 e. The minimum atomic E-state index is -0.437. The second-order valence-corrected chi connectivity index (χ2v) is 8.43. The highest BCUT2D eigenvalue weighted by atomic mass is 35.5. The van der Waals surface area contributed by atoms with E-state index in [1.165, 1.54) is 11.8 Å². The van der Waals surface area contributed by atoms with Crippen molar-refractivity contribution in [3.8, 4) is 11.4 Å². The number of nitrogens with zero attached hydrogens (tertiary/aromatic N) is 4. The fourth-order valence-electron chi connectivity index (χ4n) is 2.61. The first-order chi connectivity index (χ1) is 14.4. The average molecular weight is 466 g/mol. The molecule has 0 bridgehead atoms. The summed E-state index contributed by atoms with van der Waals surface area (Å²) < 4.78 is 6.93. The lowest BCUT2D eigenvalue weighted by molar-refractivity contribution is -0.113. The van der Waals surface area contributed by atoms with Crippen LogP contribution in [0, 0.1) is 6.92 Å². The Kier molecular flexibility index (Phi) is 7.46. The highest BCUT2D eigenvalue weighted by Crippen LogP contribution is 2.26. The van der Waals surface area contributed by atoms with Gasteiger partial charge in [-0.1, -0.05) is 34.7 Å². The number of amides is 1. The molecular weight excluding hydrogens is 446 g/mol. The first-order valence-corrected chi connectivity index (χ1v) is 11.4. The molecule has 8 nitrogen and oxygen atoms in total. The first kappa shape index (κ1) is 22.3. The number of esters is 1. The highest BCUT2D eigenvalue weighted by molar-refractivity contribution is 7.99. The number of carbonyl (C=O) groups excluding carboxylic acids is 2. The van der Waals surface area contributed by atoms with Gasteiger partial charge in [0.15, 0.2) is 16.1 Å². The Morgan fingerprint density at radius 1 is 1.23 bits per heavy atom. The molecule has 0 fully saturated rings. The SMILES string of the molecule is CCOC(=O)c1sc(NC(=O)CSc2nnc(-c3ccc(Cl)cc3)n2CC)nc1C. The predicted octanol–water partition coefficient (Wildman–Crippen LogP) is 4.29. The van der Waals surface area contributed by atoms with Crippen LogP contribution in [0.4, 0.5) is 5.13 Å². The van der Waals surface area contributed by atoms with E-state index in [1.54, 1.807) is 26.0 Å². The van der Waals surface area contributed by atoms with Crippen molar-refractivity contribution in [1.29, 1.82) is 0 Å². The molecule has 0 aliphatic rings. The molecule has 0 radical (unpaired) electrons. The van der Waals surface area contributed by atoms with E-state index in [1.807, 2.05) is 23.6 Å². The van der Waals surface area contributed by atoms with Gasteiger partial charge < -0.3 is 14.6 Å². The minimum absolute atomic E-state index is 0.131. The van der Waals surface area contributed by atoms with E-state index in [-0.39, 0.29) is 18.3 Å². The zero-order chi connectivity index (χ0) is 21.7. The molecule has 0 aliphatic heterocycles. The van der Waals surface area contributed by atoms with Crippen LogP contribution in [0.5, 0.6) is 0 Å². The number of carbonyl (C=O) groups is 2. The van der Waals surface area contributed by atoms with Crippen molar-refractivity contribution >= 4 is 51.7 Å². The second kappa shape index (κ2) is 10.1.